The number of nitrogens with zero attached hydrogens (tertiary/aromatic N) is 2. The second kappa shape index (κ2) is 22.5. The average molecular weight is 1060 g/mol. The first kappa shape index (κ1) is 53.2. The number of furan rings is 3. The molecule has 16 heteroatoms. The third-order valence-corrected chi connectivity index (χ3v) is 17.6. The molecule has 4 aromatic heterocycles. The number of hydrogen-bond acceptors (Lipinski definition) is 8. The van der Waals surface area contributed by atoms with Crippen LogP contribution in [-0.2, 0) is 24.0 Å². The number of piperidine rings is 1. The summed E-state index contributed by atoms with van der Waals surface area (Å²) in [6.07, 6.45) is 14.6. The minimum atomic E-state index is -0.333. The Morgan fingerprint density at radius 1 is 0.692 bits per heavy atom. The standard InChI is InChI=1S/C62H79N9O7/c1-36(2)55(58-39(5)48-14-8-9-15-52(48)76-58)68-61(74)66-45-18-17-43-35-71(69-51(43)32-45)47-19-21-50-38(4)57(78-54(50)33-47)41(7)63-59(72)65-44-22-28-70(29-23-44)27-12-13-42-16-20-49-37(3)56(77-53(49)31-42)40(6)64-60(73)67-46-24-30-75-62(34-46)25-10-11-26-62/h8-9,14-16,19-21,31,33,35-36,40-41,44-46,55H,10-13,17-18,22-30,32,34H2,1-7H3,(H6,63,64,65,66,67,68,72,73,74)/p+1/t40-,41-,45?,46?,55+/m0/s1. The number of H-pyrrole nitrogens is 1. The molecule has 6 amide bonds. The van der Waals surface area contributed by atoms with E-state index < -0.39 is 0 Å². The number of fused-ring (bicyclic) bond motifs is 4. The summed E-state index contributed by atoms with van der Waals surface area (Å²) in [5.74, 6) is 2.47. The lowest BCUT2D eigenvalue weighted by atomic mass is 9.89. The molecule has 2 aliphatic heterocycles. The SMILES string of the molecule is Cc1c([C@H](C)NC(=O)NC2CCN(CCCc3ccc4c(C)c([C@H](C)NC(=O)NC5CCOC6(CCCC6)C5)oc4c3)CC2)oc2cc(-[n+]3cc4c([nH]3)CC(NC(=O)N[C@@H](c3oc5ccccc5c3C)C(C)C)CC4)ccc12. The fraction of sp³-hybridized carbons (Fsp3) is 0.516. The minimum Gasteiger partial charge on any atom is -0.459 e. The number of amides is 6. The Hall–Kier alpha value is -6.78. The number of benzene rings is 3. The summed E-state index contributed by atoms with van der Waals surface area (Å²) in [7, 11) is 0. The molecule has 0 bridgehead atoms. The third kappa shape index (κ3) is 11.4. The summed E-state index contributed by atoms with van der Waals surface area (Å²) >= 11 is 0. The van der Waals surface area contributed by atoms with Crippen LogP contribution in [0, 0.1) is 26.7 Å². The lowest BCUT2D eigenvalue weighted by molar-refractivity contribution is -0.655. The Morgan fingerprint density at radius 2 is 1.31 bits per heavy atom. The Balaban J connectivity index is 0.616. The van der Waals surface area contributed by atoms with Crippen LogP contribution in [-0.4, -0.2) is 78.1 Å². The van der Waals surface area contributed by atoms with Gasteiger partial charge in [-0.1, -0.05) is 61.7 Å². The van der Waals surface area contributed by atoms with Gasteiger partial charge < -0.3 is 54.8 Å². The summed E-state index contributed by atoms with van der Waals surface area (Å²) in [4.78, 5) is 42.5. The molecule has 7 N–H and O–H groups in total. The molecule has 2 unspecified atom stereocenters. The van der Waals surface area contributed by atoms with E-state index in [9.17, 15) is 14.4 Å². The van der Waals surface area contributed by atoms with Gasteiger partial charge in [0.15, 0.2) is 0 Å². The van der Waals surface area contributed by atoms with Crippen molar-refractivity contribution in [3.63, 3.8) is 0 Å². The van der Waals surface area contributed by atoms with Crippen molar-refractivity contribution >= 4 is 51.0 Å². The first-order valence-electron chi connectivity index (χ1n) is 28.9. The molecule has 3 fully saturated rings. The highest BCUT2D eigenvalue weighted by atomic mass is 16.5. The summed E-state index contributed by atoms with van der Waals surface area (Å²) in [6.45, 7) is 17.9. The van der Waals surface area contributed by atoms with E-state index in [4.69, 9.17) is 18.0 Å². The van der Waals surface area contributed by atoms with Crippen LogP contribution in [0.3, 0.4) is 0 Å². The summed E-state index contributed by atoms with van der Waals surface area (Å²) in [5.41, 5.74) is 10.0. The van der Waals surface area contributed by atoms with Crippen molar-refractivity contribution in [2.45, 2.75) is 174 Å². The molecule has 1 saturated carbocycles. The number of ether oxygens (including phenoxy) is 1. The number of rotatable bonds is 15. The molecule has 3 aromatic carbocycles. The van der Waals surface area contributed by atoms with E-state index in [1.165, 1.54) is 24.0 Å². The first-order valence-corrected chi connectivity index (χ1v) is 28.9. The van der Waals surface area contributed by atoms with Gasteiger partial charge >= 0.3 is 18.1 Å². The van der Waals surface area contributed by atoms with E-state index in [1.54, 1.807) is 0 Å². The van der Waals surface area contributed by atoms with Crippen LogP contribution >= 0.6 is 0 Å². The van der Waals surface area contributed by atoms with Crippen molar-refractivity contribution < 1.29 is 37.1 Å². The van der Waals surface area contributed by atoms with Crippen molar-refractivity contribution in [3.8, 4) is 5.69 Å². The molecule has 1 spiro atoms. The van der Waals surface area contributed by atoms with Crippen LogP contribution in [0.2, 0.25) is 0 Å². The van der Waals surface area contributed by atoms with E-state index in [2.05, 4.69) is 112 Å². The minimum absolute atomic E-state index is 0.0210. The normalized spacial score (nSPS) is 20.0. The Morgan fingerprint density at radius 3 is 2.01 bits per heavy atom. The van der Waals surface area contributed by atoms with Crippen molar-refractivity contribution in [1.82, 2.24) is 41.9 Å². The summed E-state index contributed by atoms with van der Waals surface area (Å²) in [5, 5.41) is 26.0. The fourth-order valence-corrected chi connectivity index (χ4v) is 13.2. The smallest absolute Gasteiger partial charge is 0.315 e. The second-order valence-corrected chi connectivity index (χ2v) is 23.5. The molecular formula is C62H80N9O7+. The van der Waals surface area contributed by atoms with Gasteiger partial charge in [0, 0.05) is 88.7 Å². The van der Waals surface area contributed by atoms with Crippen molar-refractivity contribution in [2.24, 2.45) is 5.92 Å². The molecular weight excluding hydrogens is 983 g/mol. The number of para-hydroxylation sites is 1. The van der Waals surface area contributed by atoms with Gasteiger partial charge in [0.25, 0.3) is 0 Å². The van der Waals surface area contributed by atoms with Crippen molar-refractivity contribution in [3.05, 3.63) is 118 Å². The van der Waals surface area contributed by atoms with Crippen LogP contribution < -0.4 is 36.6 Å². The first-order chi connectivity index (χ1) is 37.7. The van der Waals surface area contributed by atoms with E-state index in [1.807, 2.05) is 49.7 Å². The molecule has 414 valence electrons. The molecule has 78 heavy (non-hydrogen) atoms. The van der Waals surface area contributed by atoms with Gasteiger partial charge in [0.1, 0.15) is 34.0 Å². The van der Waals surface area contributed by atoms with Gasteiger partial charge in [-0.3, -0.25) is 0 Å². The topological polar surface area (TPSA) is 195 Å². The Bertz CT molecular complexity index is 3300. The van der Waals surface area contributed by atoms with Gasteiger partial charge in [-0.25, -0.2) is 14.4 Å². The number of urea groups is 3. The average Bonchev–Trinajstić information content (AvgIpc) is 4.31. The van der Waals surface area contributed by atoms with Crippen LogP contribution in [0.4, 0.5) is 14.4 Å². The van der Waals surface area contributed by atoms with E-state index >= 15 is 0 Å². The van der Waals surface area contributed by atoms with Crippen LogP contribution in [0.15, 0.2) is 80.1 Å². The second-order valence-electron chi connectivity index (χ2n) is 23.5. The number of aromatic nitrogens is 2. The van der Waals surface area contributed by atoms with Gasteiger partial charge in [0.05, 0.1) is 35.5 Å². The zero-order chi connectivity index (χ0) is 54.2. The molecule has 5 atom stereocenters. The van der Waals surface area contributed by atoms with Crippen LogP contribution in [0.25, 0.3) is 38.6 Å². The predicted octanol–water partition coefficient (Wildman–Crippen LogP) is 11.3. The Kier molecular flexibility index (Phi) is 15.4. The van der Waals surface area contributed by atoms with Crippen molar-refractivity contribution in [2.75, 3.05) is 26.2 Å². The summed E-state index contributed by atoms with van der Waals surface area (Å²) < 4.78 is 27.4. The molecule has 0 radical (unpaired) electrons. The van der Waals surface area contributed by atoms with Gasteiger partial charge in [-0.2, -0.15) is 5.10 Å². The maximum absolute atomic E-state index is 13.5. The summed E-state index contributed by atoms with van der Waals surface area (Å²) in [6, 6.07) is 19.5. The number of aryl methyl sites for hydroxylation is 5. The number of hydrogen-bond donors (Lipinski definition) is 7. The monoisotopic (exact) mass is 1060 g/mol. The molecule has 11 rings (SSSR count). The highest BCUT2D eigenvalue weighted by Gasteiger charge is 2.40. The largest absolute Gasteiger partial charge is 0.459 e. The van der Waals surface area contributed by atoms with Crippen LogP contribution in [0.1, 0.15) is 161 Å². The number of likely N-dealkylation sites (tertiary alicyclic amines) is 1. The predicted molar refractivity (Wildman–Crippen MR) is 302 cm³/mol. The molecule has 7 aromatic rings. The van der Waals surface area contributed by atoms with Crippen molar-refractivity contribution in [1.29, 1.82) is 0 Å². The molecule has 4 aliphatic rings. The molecule has 2 saturated heterocycles. The maximum atomic E-state index is 13.5. The van der Waals surface area contributed by atoms with Gasteiger partial charge in [0.2, 0.25) is 11.9 Å². The zero-order valence-electron chi connectivity index (χ0n) is 46.7. The highest BCUT2D eigenvalue weighted by Crippen LogP contribution is 2.40. The molecule has 6 heterocycles. The third-order valence-electron chi connectivity index (χ3n) is 17.6. The van der Waals surface area contributed by atoms with E-state index in [0.29, 0.717) is 13.0 Å². The Labute approximate surface area is 457 Å². The molecule has 16 nitrogen and oxygen atoms in total. The number of carbonyl (C=O) groups is 3. The zero-order valence-corrected chi connectivity index (χ0v) is 46.7. The fourth-order valence-electron chi connectivity index (χ4n) is 13.2. The maximum Gasteiger partial charge on any atom is 0.315 e. The lowest BCUT2D eigenvalue weighted by Gasteiger charge is -2.38. The highest BCUT2D eigenvalue weighted by molar-refractivity contribution is 5.85. The van der Waals surface area contributed by atoms with Crippen LogP contribution in [0.5, 0.6) is 0 Å². The lowest BCUT2D eigenvalue weighted by Crippen LogP contribution is -2.50. The van der Waals surface area contributed by atoms with E-state index in [0.717, 1.165) is 162 Å². The number of aromatic amines is 1. The van der Waals surface area contributed by atoms with Gasteiger partial charge in [-0.05, 0) is 135 Å². The van der Waals surface area contributed by atoms with Gasteiger partial charge in [-0.15, -0.1) is 0 Å². The molecule has 2 aliphatic carbocycles. The number of nitrogens with one attached hydrogen (secondary N) is 7. The quantitative estimate of drug-likeness (QED) is 0.0493. The van der Waals surface area contributed by atoms with E-state index in [-0.39, 0.29) is 65.9 Å². The number of carbonyl (C=O) groups excluding carboxylic acids is 3.